The molecule has 1 aromatic carbocycles. The van der Waals surface area contributed by atoms with Crippen LogP contribution in [-0.4, -0.2) is 0 Å². The van der Waals surface area contributed by atoms with Crippen molar-refractivity contribution in [2.24, 2.45) is 0 Å². The molecule has 0 amide bonds. The van der Waals surface area contributed by atoms with E-state index in [-0.39, 0.29) is 0 Å². The maximum Gasteiger partial charge on any atom is 0.100 e. The zero-order chi connectivity index (χ0) is 13.0. The van der Waals surface area contributed by atoms with Crippen molar-refractivity contribution in [2.45, 2.75) is 19.9 Å². The molecular formula is C14H13BrN2S. The van der Waals surface area contributed by atoms with Gasteiger partial charge in [0.25, 0.3) is 0 Å². The molecule has 0 saturated carbocycles. The number of aryl methyl sites for hydroxylation is 1. The van der Waals surface area contributed by atoms with E-state index in [1.165, 1.54) is 10.4 Å². The number of thiophene rings is 1. The molecule has 92 valence electrons. The summed E-state index contributed by atoms with van der Waals surface area (Å²) in [7, 11) is 0. The second kappa shape index (κ2) is 6.03. The lowest BCUT2D eigenvalue weighted by Gasteiger charge is -2.10. The summed E-state index contributed by atoms with van der Waals surface area (Å²) >= 11 is 5.10. The Hall–Kier alpha value is -1.31. The molecule has 18 heavy (non-hydrogen) atoms. The lowest BCUT2D eigenvalue weighted by atomic mass is 10.1. The standard InChI is InChI=1S/C14H13BrN2S/c1-2-11-6-12(15)3-4-14(11)17-8-13-5-10(7-16)9-18-13/h3-6,9,17H,2,8H2,1H3. The number of benzene rings is 1. The molecule has 0 spiro atoms. The quantitative estimate of drug-likeness (QED) is 0.896. The molecule has 0 fully saturated rings. The fourth-order valence-electron chi connectivity index (χ4n) is 1.74. The van der Waals surface area contributed by atoms with Crippen LogP contribution in [-0.2, 0) is 13.0 Å². The third-order valence-corrected chi connectivity index (χ3v) is 4.11. The molecule has 0 atom stereocenters. The minimum absolute atomic E-state index is 0.739. The van der Waals surface area contributed by atoms with Crippen molar-refractivity contribution in [1.29, 1.82) is 5.26 Å². The summed E-state index contributed by atoms with van der Waals surface area (Å²) in [6, 6.07) is 10.3. The van der Waals surface area contributed by atoms with Gasteiger partial charge in [0.2, 0.25) is 0 Å². The van der Waals surface area contributed by atoms with E-state index in [4.69, 9.17) is 5.26 Å². The van der Waals surface area contributed by atoms with Gasteiger partial charge in [-0.2, -0.15) is 5.26 Å². The largest absolute Gasteiger partial charge is 0.380 e. The fourth-order valence-corrected chi connectivity index (χ4v) is 2.90. The normalized spacial score (nSPS) is 10.1. The Morgan fingerprint density at radius 1 is 1.39 bits per heavy atom. The highest BCUT2D eigenvalue weighted by atomic mass is 79.9. The van der Waals surface area contributed by atoms with Gasteiger partial charge >= 0.3 is 0 Å². The van der Waals surface area contributed by atoms with E-state index in [0.717, 1.165) is 28.7 Å². The number of anilines is 1. The van der Waals surface area contributed by atoms with Crippen molar-refractivity contribution in [3.63, 3.8) is 0 Å². The Morgan fingerprint density at radius 3 is 2.89 bits per heavy atom. The molecule has 2 rings (SSSR count). The average Bonchev–Trinajstić information content (AvgIpc) is 2.85. The van der Waals surface area contributed by atoms with Gasteiger partial charge in [0.1, 0.15) is 6.07 Å². The first-order valence-corrected chi connectivity index (χ1v) is 7.40. The lowest BCUT2D eigenvalue weighted by molar-refractivity contribution is 1.10. The van der Waals surface area contributed by atoms with Crippen molar-refractivity contribution in [1.82, 2.24) is 0 Å². The van der Waals surface area contributed by atoms with Crippen LogP contribution >= 0.6 is 27.3 Å². The molecule has 2 aromatic rings. The lowest BCUT2D eigenvalue weighted by Crippen LogP contribution is -2.00. The molecule has 0 aliphatic heterocycles. The van der Waals surface area contributed by atoms with Crippen LogP contribution < -0.4 is 5.32 Å². The van der Waals surface area contributed by atoms with Gasteiger partial charge in [-0.15, -0.1) is 11.3 Å². The van der Waals surface area contributed by atoms with E-state index in [2.05, 4.69) is 46.4 Å². The SMILES string of the molecule is CCc1cc(Br)ccc1NCc1cc(C#N)cs1. The number of nitriles is 1. The van der Waals surface area contributed by atoms with Crippen molar-refractivity contribution in [2.75, 3.05) is 5.32 Å². The highest BCUT2D eigenvalue weighted by molar-refractivity contribution is 9.10. The van der Waals surface area contributed by atoms with Gasteiger partial charge in [0, 0.05) is 27.0 Å². The Kier molecular flexibility index (Phi) is 4.40. The minimum Gasteiger partial charge on any atom is -0.380 e. The number of nitrogens with zero attached hydrogens (tertiary/aromatic N) is 1. The maximum absolute atomic E-state index is 8.78. The van der Waals surface area contributed by atoms with Crippen LogP contribution in [0.1, 0.15) is 22.9 Å². The zero-order valence-electron chi connectivity index (χ0n) is 10.0. The summed E-state index contributed by atoms with van der Waals surface area (Å²) in [5, 5.41) is 14.1. The van der Waals surface area contributed by atoms with Crippen LogP contribution in [0.2, 0.25) is 0 Å². The summed E-state index contributed by atoms with van der Waals surface area (Å²) in [6.45, 7) is 2.91. The van der Waals surface area contributed by atoms with Crippen molar-refractivity contribution in [3.05, 3.63) is 50.1 Å². The zero-order valence-corrected chi connectivity index (χ0v) is 12.4. The summed E-state index contributed by atoms with van der Waals surface area (Å²) in [4.78, 5) is 1.18. The Labute approximate surface area is 119 Å². The number of nitrogens with one attached hydrogen (secondary N) is 1. The summed E-state index contributed by atoms with van der Waals surface area (Å²) < 4.78 is 1.10. The van der Waals surface area contributed by atoms with Crippen molar-refractivity contribution in [3.8, 4) is 6.07 Å². The molecule has 0 aliphatic rings. The van der Waals surface area contributed by atoms with E-state index in [1.807, 2.05) is 17.5 Å². The smallest absolute Gasteiger partial charge is 0.100 e. The molecule has 4 heteroatoms. The molecule has 1 heterocycles. The van der Waals surface area contributed by atoms with Gasteiger partial charge in [-0.1, -0.05) is 22.9 Å². The van der Waals surface area contributed by atoms with E-state index in [0.29, 0.717) is 0 Å². The maximum atomic E-state index is 8.78. The Balaban J connectivity index is 2.08. The van der Waals surface area contributed by atoms with Crippen LogP contribution in [0.5, 0.6) is 0 Å². The molecule has 1 aromatic heterocycles. The van der Waals surface area contributed by atoms with E-state index in [1.54, 1.807) is 11.3 Å². The van der Waals surface area contributed by atoms with Crippen LogP contribution in [0.4, 0.5) is 5.69 Å². The number of hydrogen-bond acceptors (Lipinski definition) is 3. The topological polar surface area (TPSA) is 35.8 Å². The van der Waals surface area contributed by atoms with Crippen LogP contribution in [0.25, 0.3) is 0 Å². The highest BCUT2D eigenvalue weighted by Crippen LogP contribution is 2.23. The van der Waals surface area contributed by atoms with Gasteiger partial charge in [0.15, 0.2) is 0 Å². The Morgan fingerprint density at radius 2 is 2.22 bits per heavy atom. The highest BCUT2D eigenvalue weighted by Gasteiger charge is 2.03. The molecule has 1 N–H and O–H groups in total. The first-order chi connectivity index (χ1) is 8.72. The molecule has 0 radical (unpaired) electrons. The van der Waals surface area contributed by atoms with Gasteiger partial charge in [0.05, 0.1) is 5.56 Å². The third kappa shape index (κ3) is 3.12. The summed E-state index contributed by atoms with van der Waals surface area (Å²) in [5.74, 6) is 0. The predicted molar refractivity (Wildman–Crippen MR) is 79.9 cm³/mol. The summed E-state index contributed by atoms with van der Waals surface area (Å²) in [5.41, 5.74) is 3.19. The monoisotopic (exact) mass is 320 g/mol. The van der Waals surface area contributed by atoms with Crippen LogP contribution in [0, 0.1) is 11.3 Å². The van der Waals surface area contributed by atoms with Gasteiger partial charge < -0.3 is 5.32 Å². The van der Waals surface area contributed by atoms with Gasteiger partial charge in [-0.25, -0.2) is 0 Å². The van der Waals surface area contributed by atoms with E-state index < -0.39 is 0 Å². The first-order valence-electron chi connectivity index (χ1n) is 5.72. The third-order valence-electron chi connectivity index (χ3n) is 2.68. The van der Waals surface area contributed by atoms with Crippen molar-refractivity contribution >= 4 is 33.0 Å². The Bertz CT molecular complexity index is 584. The van der Waals surface area contributed by atoms with Crippen molar-refractivity contribution < 1.29 is 0 Å². The fraction of sp³-hybridized carbons (Fsp3) is 0.214. The second-order valence-electron chi connectivity index (χ2n) is 3.92. The molecule has 0 unspecified atom stereocenters. The van der Waals surface area contributed by atoms with E-state index in [9.17, 15) is 0 Å². The predicted octanol–water partition coefficient (Wildman–Crippen LogP) is 4.56. The number of rotatable bonds is 4. The summed E-state index contributed by atoms with van der Waals surface area (Å²) in [6.07, 6.45) is 0.996. The number of hydrogen-bond donors (Lipinski definition) is 1. The molecule has 0 saturated heterocycles. The minimum atomic E-state index is 0.739. The molecule has 0 bridgehead atoms. The average molecular weight is 321 g/mol. The first kappa shape index (κ1) is 13.1. The molecule has 0 aliphatic carbocycles. The number of halogens is 1. The van der Waals surface area contributed by atoms with Gasteiger partial charge in [-0.05, 0) is 36.2 Å². The van der Waals surface area contributed by atoms with Crippen LogP contribution in [0.3, 0.4) is 0 Å². The van der Waals surface area contributed by atoms with Crippen LogP contribution in [0.15, 0.2) is 34.1 Å². The van der Waals surface area contributed by atoms with Gasteiger partial charge in [-0.3, -0.25) is 0 Å². The second-order valence-corrected chi connectivity index (χ2v) is 5.83. The van der Waals surface area contributed by atoms with E-state index >= 15 is 0 Å². The molecule has 2 nitrogen and oxygen atoms in total. The molecular weight excluding hydrogens is 308 g/mol.